The number of hydroxylamine groups is 1. The molecular weight excluding hydrogens is 466 g/mol. The number of aryl methyl sites for hydroxylation is 2. The molecule has 2 heterocycles. The topological polar surface area (TPSA) is 164 Å². The number of hydrogen-bond donors (Lipinski definition) is 3. The van der Waals surface area contributed by atoms with Crippen molar-refractivity contribution in [2.45, 2.75) is 30.8 Å². The zero-order valence-corrected chi connectivity index (χ0v) is 19.2. The van der Waals surface area contributed by atoms with Crippen LogP contribution in [0, 0.1) is 6.92 Å². The molecular formula is C21H23N5O7S. The summed E-state index contributed by atoms with van der Waals surface area (Å²) < 4.78 is 33.9. The van der Waals surface area contributed by atoms with Crippen LogP contribution in [0.15, 0.2) is 69.5 Å². The summed E-state index contributed by atoms with van der Waals surface area (Å²) in [5.41, 5.74) is 0.498. The minimum Gasteiger partial charge on any atom is -0.457 e. The summed E-state index contributed by atoms with van der Waals surface area (Å²) in [4.78, 5) is 41.7. The van der Waals surface area contributed by atoms with Gasteiger partial charge in [0.2, 0.25) is 10.0 Å². The van der Waals surface area contributed by atoms with Gasteiger partial charge in [0.05, 0.1) is 4.90 Å². The Hall–Kier alpha value is -3.81. The van der Waals surface area contributed by atoms with E-state index in [4.69, 9.17) is 9.94 Å². The number of aromatic amines is 1. The molecule has 0 aliphatic rings. The smallest absolute Gasteiger partial charge is 0.328 e. The van der Waals surface area contributed by atoms with Gasteiger partial charge in [0.25, 0.3) is 11.5 Å². The number of carbonyl (C=O) groups excluding carboxylic acids is 1. The first kappa shape index (κ1) is 24.8. The van der Waals surface area contributed by atoms with Crippen LogP contribution in [0.5, 0.6) is 11.5 Å². The Morgan fingerprint density at radius 3 is 2.41 bits per heavy atom. The highest BCUT2D eigenvalue weighted by atomic mass is 32.2. The molecule has 13 heteroatoms. The van der Waals surface area contributed by atoms with E-state index in [0.717, 1.165) is 8.87 Å². The summed E-state index contributed by atoms with van der Waals surface area (Å²) in [7, 11) is -2.97. The van der Waals surface area contributed by atoms with Crippen molar-refractivity contribution in [1.29, 1.82) is 0 Å². The van der Waals surface area contributed by atoms with E-state index in [2.05, 4.69) is 9.97 Å². The van der Waals surface area contributed by atoms with Crippen LogP contribution in [0.3, 0.4) is 0 Å². The SMILES string of the molecule is Cc1cn(CCC(C(=O)NO)N(C)S(=O)(=O)c2ccc(Oc3ccncc3)cc2)c(=O)[nH]c1=O. The van der Waals surface area contributed by atoms with Gasteiger partial charge in [0.1, 0.15) is 17.5 Å². The van der Waals surface area contributed by atoms with Crippen LogP contribution in [0.25, 0.3) is 0 Å². The number of amides is 1. The molecule has 12 nitrogen and oxygen atoms in total. The first-order chi connectivity index (χ1) is 16.1. The van der Waals surface area contributed by atoms with Gasteiger partial charge in [-0.2, -0.15) is 4.31 Å². The van der Waals surface area contributed by atoms with E-state index in [1.807, 2.05) is 0 Å². The van der Waals surface area contributed by atoms with Gasteiger partial charge < -0.3 is 9.30 Å². The van der Waals surface area contributed by atoms with Gasteiger partial charge in [-0.15, -0.1) is 0 Å². The number of nitrogens with zero attached hydrogens (tertiary/aromatic N) is 3. The molecule has 3 aromatic rings. The van der Waals surface area contributed by atoms with E-state index in [0.29, 0.717) is 11.5 Å². The van der Waals surface area contributed by atoms with Crippen molar-refractivity contribution in [3.63, 3.8) is 0 Å². The van der Waals surface area contributed by atoms with Crippen molar-refractivity contribution in [2.75, 3.05) is 7.05 Å². The second-order valence-corrected chi connectivity index (χ2v) is 9.32. The summed E-state index contributed by atoms with van der Waals surface area (Å²) >= 11 is 0. The highest BCUT2D eigenvalue weighted by Crippen LogP contribution is 2.24. The first-order valence-electron chi connectivity index (χ1n) is 10.0. The van der Waals surface area contributed by atoms with E-state index in [1.165, 1.54) is 49.9 Å². The summed E-state index contributed by atoms with van der Waals surface area (Å²) in [6.45, 7) is 1.42. The monoisotopic (exact) mass is 489 g/mol. The van der Waals surface area contributed by atoms with Crippen LogP contribution in [-0.2, 0) is 21.4 Å². The number of sulfonamides is 1. The number of nitrogens with one attached hydrogen (secondary N) is 2. The van der Waals surface area contributed by atoms with E-state index in [1.54, 1.807) is 24.5 Å². The number of aromatic nitrogens is 3. The van der Waals surface area contributed by atoms with Crippen LogP contribution in [0.2, 0.25) is 0 Å². The highest BCUT2D eigenvalue weighted by Gasteiger charge is 2.33. The Morgan fingerprint density at radius 2 is 1.79 bits per heavy atom. The largest absolute Gasteiger partial charge is 0.457 e. The third kappa shape index (κ3) is 5.57. The minimum atomic E-state index is -4.16. The lowest BCUT2D eigenvalue weighted by Crippen LogP contribution is -2.47. The number of H-pyrrole nitrogens is 1. The Morgan fingerprint density at radius 1 is 1.18 bits per heavy atom. The standard InChI is InChI=1S/C21H23N5O7S/c1-14-13-26(21(29)23-19(14)27)12-9-18(20(28)24-30)25(2)34(31,32)17-5-3-15(4-6-17)33-16-7-10-22-11-8-16/h3-8,10-11,13,18,30H,9,12H2,1-2H3,(H,24,28)(H,23,27,29). The van der Waals surface area contributed by atoms with E-state index in [9.17, 15) is 22.8 Å². The van der Waals surface area contributed by atoms with Gasteiger partial charge >= 0.3 is 5.69 Å². The molecule has 1 amide bonds. The quantitative estimate of drug-likeness (QED) is 0.291. The predicted octanol–water partition coefficient (Wildman–Crippen LogP) is 0.617. The lowest BCUT2D eigenvalue weighted by Gasteiger charge is -2.26. The van der Waals surface area contributed by atoms with E-state index in [-0.39, 0.29) is 23.4 Å². The summed E-state index contributed by atoms with van der Waals surface area (Å²) in [6.07, 6.45) is 4.26. The fourth-order valence-corrected chi connectivity index (χ4v) is 4.50. The summed E-state index contributed by atoms with van der Waals surface area (Å²) in [6, 6.07) is 7.52. The zero-order valence-electron chi connectivity index (χ0n) is 18.3. The Balaban J connectivity index is 1.80. The van der Waals surface area contributed by atoms with Crippen molar-refractivity contribution in [1.82, 2.24) is 24.3 Å². The molecule has 1 aromatic carbocycles. The number of rotatable bonds is 9. The van der Waals surface area contributed by atoms with Crippen molar-refractivity contribution in [2.24, 2.45) is 0 Å². The molecule has 0 spiro atoms. The van der Waals surface area contributed by atoms with Crippen LogP contribution < -0.4 is 21.5 Å². The Bertz CT molecular complexity index is 1370. The number of likely N-dealkylation sites (N-methyl/N-ethyl adjacent to an activating group) is 1. The number of benzene rings is 1. The maximum atomic E-state index is 13.1. The van der Waals surface area contributed by atoms with E-state index < -0.39 is 33.2 Å². The molecule has 2 aromatic heterocycles. The minimum absolute atomic E-state index is 0.0902. The molecule has 0 aliphatic heterocycles. The highest BCUT2D eigenvalue weighted by molar-refractivity contribution is 7.89. The normalized spacial score (nSPS) is 12.4. The van der Waals surface area contributed by atoms with Gasteiger partial charge in [-0.05, 0) is 49.7 Å². The second-order valence-electron chi connectivity index (χ2n) is 7.32. The number of ether oxygens (including phenoxy) is 1. The van der Waals surface area contributed by atoms with Gasteiger partial charge in [0, 0.05) is 37.7 Å². The molecule has 34 heavy (non-hydrogen) atoms. The molecule has 0 fully saturated rings. The lowest BCUT2D eigenvalue weighted by atomic mass is 10.2. The summed E-state index contributed by atoms with van der Waals surface area (Å²) in [5.74, 6) is -0.0571. The van der Waals surface area contributed by atoms with Crippen molar-refractivity contribution >= 4 is 15.9 Å². The predicted molar refractivity (Wildman–Crippen MR) is 120 cm³/mol. The molecule has 3 N–H and O–H groups in total. The average Bonchev–Trinajstić information content (AvgIpc) is 2.83. The molecule has 1 unspecified atom stereocenters. The fourth-order valence-electron chi connectivity index (χ4n) is 3.15. The third-order valence-electron chi connectivity index (χ3n) is 5.07. The number of carbonyl (C=O) groups is 1. The third-order valence-corrected chi connectivity index (χ3v) is 6.95. The first-order valence-corrected chi connectivity index (χ1v) is 11.5. The Kier molecular flexibility index (Phi) is 7.61. The number of pyridine rings is 1. The second kappa shape index (κ2) is 10.4. The van der Waals surface area contributed by atoms with Crippen LogP contribution >= 0.6 is 0 Å². The van der Waals surface area contributed by atoms with Crippen molar-refractivity contribution in [3.05, 3.63) is 81.4 Å². The fraction of sp³-hybridized carbons (Fsp3) is 0.238. The molecule has 3 rings (SSSR count). The molecule has 0 bridgehead atoms. The van der Waals surface area contributed by atoms with Crippen LogP contribution in [0.4, 0.5) is 0 Å². The Labute approximate surface area is 194 Å². The lowest BCUT2D eigenvalue weighted by molar-refractivity contribution is -0.133. The van der Waals surface area contributed by atoms with E-state index >= 15 is 0 Å². The molecule has 1 atom stereocenters. The molecule has 180 valence electrons. The molecule has 0 radical (unpaired) electrons. The zero-order chi connectivity index (χ0) is 24.9. The van der Waals surface area contributed by atoms with Gasteiger partial charge in [-0.25, -0.2) is 18.7 Å². The van der Waals surface area contributed by atoms with Crippen LogP contribution in [0.1, 0.15) is 12.0 Å². The van der Waals surface area contributed by atoms with Crippen LogP contribution in [-0.4, -0.2) is 51.5 Å². The number of hydrogen-bond acceptors (Lipinski definition) is 8. The van der Waals surface area contributed by atoms with Gasteiger partial charge in [-0.1, -0.05) is 0 Å². The maximum Gasteiger partial charge on any atom is 0.328 e. The van der Waals surface area contributed by atoms with Crippen molar-refractivity contribution in [3.8, 4) is 11.5 Å². The summed E-state index contributed by atoms with van der Waals surface area (Å²) in [5, 5.41) is 9.14. The molecule has 0 aliphatic carbocycles. The maximum absolute atomic E-state index is 13.1. The van der Waals surface area contributed by atoms with Gasteiger partial charge in [-0.3, -0.25) is 24.8 Å². The van der Waals surface area contributed by atoms with Crippen molar-refractivity contribution < 1.29 is 23.2 Å². The van der Waals surface area contributed by atoms with Gasteiger partial charge in [0.15, 0.2) is 0 Å². The molecule has 0 saturated heterocycles. The molecule has 0 saturated carbocycles. The average molecular weight is 490 g/mol.